The Morgan fingerprint density at radius 2 is 1.95 bits per heavy atom. The third kappa shape index (κ3) is 3.23. The molecular formula is C15H19N3O. The van der Waals surface area contributed by atoms with E-state index in [4.69, 9.17) is 4.74 Å². The van der Waals surface area contributed by atoms with Gasteiger partial charge >= 0.3 is 0 Å². The van der Waals surface area contributed by atoms with E-state index in [2.05, 4.69) is 21.3 Å². The molecule has 4 heteroatoms. The molecule has 19 heavy (non-hydrogen) atoms. The van der Waals surface area contributed by atoms with Gasteiger partial charge < -0.3 is 15.0 Å². The quantitative estimate of drug-likeness (QED) is 0.893. The highest BCUT2D eigenvalue weighted by molar-refractivity contribution is 5.60. The summed E-state index contributed by atoms with van der Waals surface area (Å²) in [7, 11) is 5.61. The van der Waals surface area contributed by atoms with Gasteiger partial charge in [0.15, 0.2) is 0 Å². The van der Waals surface area contributed by atoms with Gasteiger partial charge in [0.05, 0.1) is 7.11 Å². The molecule has 0 fully saturated rings. The minimum atomic E-state index is 0.839. The first kappa shape index (κ1) is 13.4. The molecule has 100 valence electrons. The van der Waals surface area contributed by atoms with Crippen LogP contribution in [0.15, 0.2) is 42.6 Å². The Balaban J connectivity index is 2.22. The molecule has 1 aromatic heterocycles. The predicted octanol–water partition coefficient (Wildman–Crippen LogP) is 2.58. The van der Waals surface area contributed by atoms with Crippen molar-refractivity contribution >= 4 is 11.5 Å². The van der Waals surface area contributed by atoms with Crippen LogP contribution >= 0.6 is 0 Å². The Hall–Kier alpha value is -2.07. The zero-order valence-corrected chi connectivity index (χ0v) is 11.6. The standard InChI is InChI=1S/C15H19N3O/c1-16-11-12-8-9-17-15(10-12)18(2)13-4-6-14(19-3)7-5-13/h4-10,16H,11H2,1-3H3. The largest absolute Gasteiger partial charge is 0.497 e. The fourth-order valence-corrected chi connectivity index (χ4v) is 1.90. The average Bonchev–Trinajstić information content (AvgIpc) is 2.47. The number of methoxy groups -OCH3 is 1. The fourth-order valence-electron chi connectivity index (χ4n) is 1.90. The van der Waals surface area contributed by atoms with Crippen LogP contribution in [0.4, 0.5) is 11.5 Å². The number of ether oxygens (including phenoxy) is 1. The maximum absolute atomic E-state index is 5.16. The topological polar surface area (TPSA) is 37.4 Å². The van der Waals surface area contributed by atoms with Crippen molar-refractivity contribution in [3.05, 3.63) is 48.2 Å². The van der Waals surface area contributed by atoms with Crippen LogP contribution in [0.5, 0.6) is 5.75 Å². The van der Waals surface area contributed by atoms with E-state index in [0.29, 0.717) is 0 Å². The molecule has 4 nitrogen and oxygen atoms in total. The predicted molar refractivity (Wildman–Crippen MR) is 78.1 cm³/mol. The summed E-state index contributed by atoms with van der Waals surface area (Å²) in [5.74, 6) is 1.78. The van der Waals surface area contributed by atoms with Crippen molar-refractivity contribution in [2.45, 2.75) is 6.54 Å². The number of hydrogen-bond donors (Lipinski definition) is 1. The van der Waals surface area contributed by atoms with Crippen molar-refractivity contribution in [2.24, 2.45) is 0 Å². The van der Waals surface area contributed by atoms with Crippen LogP contribution in [0.1, 0.15) is 5.56 Å². The number of nitrogens with zero attached hydrogens (tertiary/aromatic N) is 2. The zero-order valence-electron chi connectivity index (χ0n) is 11.6. The van der Waals surface area contributed by atoms with Crippen LogP contribution < -0.4 is 15.0 Å². The lowest BCUT2D eigenvalue weighted by Crippen LogP contribution is -2.12. The highest BCUT2D eigenvalue weighted by Crippen LogP contribution is 2.24. The maximum Gasteiger partial charge on any atom is 0.132 e. The maximum atomic E-state index is 5.16. The summed E-state index contributed by atoms with van der Waals surface area (Å²) in [4.78, 5) is 6.46. The number of aromatic nitrogens is 1. The molecule has 0 aliphatic heterocycles. The number of benzene rings is 1. The van der Waals surface area contributed by atoms with E-state index in [-0.39, 0.29) is 0 Å². The molecule has 2 rings (SSSR count). The average molecular weight is 257 g/mol. The molecule has 0 aliphatic carbocycles. The molecule has 2 aromatic rings. The molecule has 0 bridgehead atoms. The second kappa shape index (κ2) is 6.20. The van der Waals surface area contributed by atoms with E-state index in [1.54, 1.807) is 7.11 Å². The molecule has 0 radical (unpaired) electrons. The van der Waals surface area contributed by atoms with Crippen molar-refractivity contribution in [1.29, 1.82) is 0 Å². The van der Waals surface area contributed by atoms with Crippen molar-refractivity contribution < 1.29 is 4.74 Å². The Bertz CT molecular complexity index is 525. The first-order valence-electron chi connectivity index (χ1n) is 6.22. The van der Waals surface area contributed by atoms with Crippen LogP contribution in [0.3, 0.4) is 0 Å². The van der Waals surface area contributed by atoms with E-state index >= 15 is 0 Å². The second-order valence-corrected chi connectivity index (χ2v) is 4.31. The van der Waals surface area contributed by atoms with Gasteiger partial charge in [-0.2, -0.15) is 0 Å². The molecule has 1 heterocycles. The lowest BCUT2D eigenvalue weighted by Gasteiger charge is -2.19. The molecule has 0 saturated carbocycles. The Morgan fingerprint density at radius 1 is 1.21 bits per heavy atom. The molecule has 0 atom stereocenters. The molecular weight excluding hydrogens is 238 g/mol. The van der Waals surface area contributed by atoms with Gasteiger partial charge in [-0.15, -0.1) is 0 Å². The third-order valence-electron chi connectivity index (χ3n) is 2.99. The lowest BCUT2D eigenvalue weighted by molar-refractivity contribution is 0.415. The van der Waals surface area contributed by atoms with Gasteiger partial charge in [-0.25, -0.2) is 4.98 Å². The fraction of sp³-hybridized carbons (Fsp3) is 0.267. The van der Waals surface area contributed by atoms with Crippen LogP contribution in [0.2, 0.25) is 0 Å². The highest BCUT2D eigenvalue weighted by atomic mass is 16.5. The molecule has 0 unspecified atom stereocenters. The van der Waals surface area contributed by atoms with E-state index in [0.717, 1.165) is 23.8 Å². The van der Waals surface area contributed by atoms with E-state index in [1.807, 2.05) is 50.6 Å². The Morgan fingerprint density at radius 3 is 2.58 bits per heavy atom. The van der Waals surface area contributed by atoms with Gasteiger partial charge in [-0.1, -0.05) is 0 Å². The molecule has 0 aliphatic rings. The molecule has 0 spiro atoms. The van der Waals surface area contributed by atoms with Gasteiger partial charge in [0.25, 0.3) is 0 Å². The molecule has 1 N–H and O–H groups in total. The van der Waals surface area contributed by atoms with E-state index in [1.165, 1.54) is 5.56 Å². The molecule has 0 amide bonds. The first-order chi connectivity index (χ1) is 9.24. The summed E-state index contributed by atoms with van der Waals surface area (Å²) in [6.45, 7) is 0.839. The monoisotopic (exact) mass is 257 g/mol. The van der Waals surface area contributed by atoms with Gasteiger partial charge in [0.1, 0.15) is 11.6 Å². The number of anilines is 2. The second-order valence-electron chi connectivity index (χ2n) is 4.31. The van der Waals surface area contributed by atoms with Crippen molar-refractivity contribution in [3.63, 3.8) is 0 Å². The van der Waals surface area contributed by atoms with E-state index < -0.39 is 0 Å². The van der Waals surface area contributed by atoms with Crippen molar-refractivity contribution in [3.8, 4) is 5.75 Å². The number of pyridine rings is 1. The Labute approximate surface area is 114 Å². The Kier molecular flexibility index (Phi) is 4.36. The summed E-state index contributed by atoms with van der Waals surface area (Å²) in [5, 5.41) is 3.14. The lowest BCUT2D eigenvalue weighted by atomic mass is 10.2. The van der Waals surface area contributed by atoms with Crippen LogP contribution in [0, 0.1) is 0 Å². The molecule has 0 saturated heterocycles. The summed E-state index contributed by atoms with van der Waals surface area (Å²) < 4.78 is 5.16. The van der Waals surface area contributed by atoms with Gasteiger partial charge in [0, 0.05) is 25.5 Å². The minimum Gasteiger partial charge on any atom is -0.497 e. The summed E-state index contributed by atoms with van der Waals surface area (Å²) in [5.41, 5.74) is 2.29. The normalized spacial score (nSPS) is 10.3. The molecule has 1 aromatic carbocycles. The van der Waals surface area contributed by atoms with Gasteiger partial charge in [-0.3, -0.25) is 0 Å². The van der Waals surface area contributed by atoms with Crippen molar-refractivity contribution in [2.75, 3.05) is 26.1 Å². The van der Waals surface area contributed by atoms with Gasteiger partial charge in [-0.05, 0) is 49.0 Å². The van der Waals surface area contributed by atoms with Crippen LogP contribution in [0.25, 0.3) is 0 Å². The number of nitrogens with one attached hydrogen (secondary N) is 1. The summed E-state index contributed by atoms with van der Waals surface area (Å²) >= 11 is 0. The van der Waals surface area contributed by atoms with E-state index in [9.17, 15) is 0 Å². The zero-order chi connectivity index (χ0) is 13.7. The summed E-state index contributed by atoms with van der Waals surface area (Å²) in [6, 6.07) is 12.0. The highest BCUT2D eigenvalue weighted by Gasteiger charge is 2.06. The van der Waals surface area contributed by atoms with Crippen molar-refractivity contribution in [1.82, 2.24) is 10.3 Å². The van der Waals surface area contributed by atoms with Crippen LogP contribution in [-0.4, -0.2) is 26.2 Å². The third-order valence-corrected chi connectivity index (χ3v) is 2.99. The smallest absolute Gasteiger partial charge is 0.132 e. The van der Waals surface area contributed by atoms with Gasteiger partial charge in [0.2, 0.25) is 0 Å². The number of rotatable bonds is 5. The minimum absolute atomic E-state index is 0.839. The SMILES string of the molecule is CNCc1ccnc(N(C)c2ccc(OC)cc2)c1. The first-order valence-corrected chi connectivity index (χ1v) is 6.22. The number of hydrogen-bond acceptors (Lipinski definition) is 4. The van der Waals surface area contributed by atoms with Crippen LogP contribution in [-0.2, 0) is 6.54 Å². The summed E-state index contributed by atoms with van der Waals surface area (Å²) in [6.07, 6.45) is 1.84.